The molecule has 86 heavy (non-hydrogen) atoms. The van der Waals surface area contributed by atoms with Gasteiger partial charge in [0.2, 0.25) is 0 Å². The number of imidazole rings is 2. The van der Waals surface area contributed by atoms with E-state index in [-0.39, 0.29) is 74.0 Å². The van der Waals surface area contributed by atoms with Crippen LogP contribution in [-0.2, 0) is 83.2 Å². The summed E-state index contributed by atoms with van der Waals surface area (Å²) in [5.41, 5.74) is 3.16. The van der Waals surface area contributed by atoms with E-state index in [2.05, 4.69) is 46.8 Å². The van der Waals surface area contributed by atoms with Gasteiger partial charge in [-0.05, 0) is 85.5 Å². The van der Waals surface area contributed by atoms with Crippen molar-refractivity contribution >= 4 is 47.5 Å². The lowest BCUT2D eigenvalue weighted by atomic mass is 9.99. The van der Waals surface area contributed by atoms with Crippen LogP contribution in [0.1, 0.15) is 168 Å². The van der Waals surface area contributed by atoms with E-state index >= 15 is 9.59 Å². The Hall–Kier alpha value is -7.38. The standard InChI is InChI=1S/C66H96N8O12/c1-39(2)31-51-63(79)83-45(13)59(75)69(15)54(34-42(7)8)66(82)86-56(36-48-21-25-50(26-22-48)38-74-30-28-68-58(74)44(11)12)62(78)72(18)52(32-40(3)4)64(80)84-46(14)60(76)70(16)53(33-41(5)6)65(81)85-55(61(77)71(51)17)35-47-19-23-49(24-20-47)37-73-29-27-67-57(73)43(9)10/h19-30,39-46,51-56H,31-38H2,1-18H3/t45-,46-,51+,52+,53+,54+,55-,56-/m1/s1. The fraction of sp³-hybridized carbons (Fsp3) is 0.606. The molecule has 0 unspecified atom stereocenters. The number of benzene rings is 2. The SMILES string of the molecule is CC(C)C[C@H]1C(=O)O[C@H](Cc2ccc(Cn3ccnc3C(C)C)cc2)C(=O)N(C)[C@@H](CC(C)C)C(=O)O[C@H](C)C(=O)N(C)[C@@H](CC(C)C)C(=O)O[C@H](Cc2ccc(Cn3ccnc3C(C)C)cc2)C(=O)N(C)[C@@H](CC(C)C)C(=O)O[C@H](C)C(=O)N1C. The predicted octanol–water partition coefficient (Wildman–Crippen LogP) is 8.40. The summed E-state index contributed by atoms with van der Waals surface area (Å²) in [4.78, 5) is 132. The van der Waals surface area contributed by atoms with Crippen LogP contribution >= 0.6 is 0 Å². The minimum Gasteiger partial charge on any atom is -0.451 e. The first-order valence-electron chi connectivity index (χ1n) is 30.4. The van der Waals surface area contributed by atoms with Crippen LogP contribution in [0, 0.1) is 23.7 Å². The monoisotopic (exact) mass is 1190 g/mol. The molecule has 0 radical (unpaired) electrons. The number of nitrogens with zero attached hydrogens (tertiary/aromatic N) is 8. The van der Waals surface area contributed by atoms with Gasteiger partial charge in [0.25, 0.3) is 23.6 Å². The Morgan fingerprint density at radius 2 is 0.640 bits per heavy atom. The zero-order valence-corrected chi connectivity index (χ0v) is 54.1. The molecule has 1 aliphatic rings. The van der Waals surface area contributed by atoms with E-state index in [4.69, 9.17) is 18.9 Å². The molecule has 3 heterocycles. The second kappa shape index (κ2) is 31.3. The summed E-state index contributed by atoms with van der Waals surface area (Å²) in [5.74, 6) is -5.17. The quantitative estimate of drug-likeness (QED) is 0.0674. The molecule has 4 amide bonds. The number of carbonyl (C=O) groups is 8. The second-order valence-electron chi connectivity index (χ2n) is 25.6. The summed E-state index contributed by atoms with van der Waals surface area (Å²) in [7, 11) is 5.61. The van der Waals surface area contributed by atoms with Crippen LogP contribution < -0.4 is 0 Å². The van der Waals surface area contributed by atoms with Gasteiger partial charge >= 0.3 is 23.9 Å². The van der Waals surface area contributed by atoms with Gasteiger partial charge in [-0.1, -0.05) is 132 Å². The van der Waals surface area contributed by atoms with Crippen molar-refractivity contribution in [3.8, 4) is 0 Å². The van der Waals surface area contributed by atoms with E-state index in [9.17, 15) is 28.8 Å². The Morgan fingerprint density at radius 1 is 0.384 bits per heavy atom. The van der Waals surface area contributed by atoms with Crippen LogP contribution in [0.25, 0.3) is 0 Å². The number of likely N-dealkylation sites (N-methyl/N-ethyl adjacent to an activating group) is 4. The zero-order valence-electron chi connectivity index (χ0n) is 54.1. The Balaban J connectivity index is 1.59. The van der Waals surface area contributed by atoms with Crippen LogP contribution in [0.5, 0.6) is 0 Å². The molecule has 2 aromatic carbocycles. The molecule has 1 aliphatic heterocycles. The first kappa shape index (κ1) is 69.4. The summed E-state index contributed by atoms with van der Waals surface area (Å²) < 4.78 is 28.5. The number of rotatable bonds is 18. The third-order valence-electron chi connectivity index (χ3n) is 15.6. The molecule has 8 atom stereocenters. The summed E-state index contributed by atoms with van der Waals surface area (Å²) in [6.45, 7) is 27.0. The number of esters is 4. The predicted molar refractivity (Wildman–Crippen MR) is 326 cm³/mol. The summed E-state index contributed by atoms with van der Waals surface area (Å²) in [5, 5.41) is 0. The van der Waals surface area contributed by atoms with Crippen molar-refractivity contribution in [2.45, 2.75) is 209 Å². The molecule has 20 nitrogen and oxygen atoms in total. The minimum absolute atomic E-state index is 0.0835. The Morgan fingerprint density at radius 3 is 0.907 bits per heavy atom. The van der Waals surface area contributed by atoms with Crippen molar-refractivity contribution in [1.82, 2.24) is 38.7 Å². The van der Waals surface area contributed by atoms with E-state index < -0.39 is 96.1 Å². The molecule has 0 saturated carbocycles. The van der Waals surface area contributed by atoms with Crippen molar-refractivity contribution in [3.05, 3.63) is 107 Å². The van der Waals surface area contributed by atoms with Gasteiger partial charge in [0.05, 0.1) is 0 Å². The lowest BCUT2D eigenvalue weighted by Gasteiger charge is -2.35. The highest BCUT2D eigenvalue weighted by Crippen LogP contribution is 2.26. The van der Waals surface area contributed by atoms with Crippen molar-refractivity contribution in [2.75, 3.05) is 28.2 Å². The van der Waals surface area contributed by atoms with Gasteiger partial charge in [-0.2, -0.15) is 0 Å². The van der Waals surface area contributed by atoms with Gasteiger partial charge in [0.1, 0.15) is 35.8 Å². The largest absolute Gasteiger partial charge is 0.451 e. The van der Waals surface area contributed by atoms with Crippen molar-refractivity contribution in [3.63, 3.8) is 0 Å². The third-order valence-corrected chi connectivity index (χ3v) is 15.6. The highest BCUT2D eigenvalue weighted by Gasteiger charge is 2.43. The van der Waals surface area contributed by atoms with Gasteiger partial charge in [0, 0.05) is 90.7 Å². The molecular formula is C66H96N8O12. The average molecular weight is 1190 g/mol. The van der Waals surface area contributed by atoms with Crippen LogP contribution in [0.3, 0.4) is 0 Å². The van der Waals surface area contributed by atoms with Crippen LogP contribution in [0.2, 0.25) is 0 Å². The van der Waals surface area contributed by atoms with Crippen LogP contribution in [0.15, 0.2) is 73.3 Å². The smallest absolute Gasteiger partial charge is 0.329 e. The number of cyclic esters (lactones) is 4. The van der Waals surface area contributed by atoms with E-state index in [0.29, 0.717) is 24.2 Å². The average Bonchev–Trinajstić information content (AvgIpc) is 2.66. The topological polar surface area (TPSA) is 222 Å². The zero-order chi connectivity index (χ0) is 64.0. The van der Waals surface area contributed by atoms with Crippen molar-refractivity contribution in [1.29, 1.82) is 0 Å². The highest BCUT2D eigenvalue weighted by atomic mass is 16.6. The van der Waals surface area contributed by atoms with Gasteiger partial charge in [0.15, 0.2) is 24.4 Å². The molecule has 0 N–H and O–H groups in total. The maximum absolute atomic E-state index is 15.1. The molecule has 4 aromatic rings. The normalized spacial score (nSPS) is 22.6. The molecular weight excluding hydrogens is 1100 g/mol. The lowest BCUT2D eigenvalue weighted by Crippen LogP contribution is -2.55. The van der Waals surface area contributed by atoms with Crippen LogP contribution in [-0.4, -0.2) is 163 Å². The van der Waals surface area contributed by atoms with Gasteiger partial charge in [-0.15, -0.1) is 0 Å². The molecule has 1 saturated heterocycles. The third kappa shape index (κ3) is 18.8. The summed E-state index contributed by atoms with van der Waals surface area (Å²) >= 11 is 0. The van der Waals surface area contributed by atoms with E-state index in [1.54, 1.807) is 12.4 Å². The lowest BCUT2D eigenvalue weighted by molar-refractivity contribution is -0.176. The molecule has 5 rings (SSSR count). The number of aromatic nitrogens is 4. The molecule has 0 spiro atoms. The summed E-state index contributed by atoms with van der Waals surface area (Å²) in [6, 6.07) is 9.84. The number of hydrogen-bond donors (Lipinski definition) is 0. The second-order valence-corrected chi connectivity index (χ2v) is 25.6. The first-order chi connectivity index (χ1) is 40.4. The molecule has 2 aromatic heterocycles. The fourth-order valence-corrected chi connectivity index (χ4v) is 10.8. The van der Waals surface area contributed by atoms with E-state index in [0.717, 1.165) is 32.6 Å². The number of amides is 4. The first-order valence-corrected chi connectivity index (χ1v) is 30.4. The van der Waals surface area contributed by atoms with E-state index in [1.807, 2.05) is 116 Å². The number of hydrogen-bond acceptors (Lipinski definition) is 14. The molecule has 0 bridgehead atoms. The van der Waals surface area contributed by atoms with Crippen LogP contribution in [0.4, 0.5) is 0 Å². The maximum atomic E-state index is 15.1. The maximum Gasteiger partial charge on any atom is 0.329 e. The Labute approximate surface area is 509 Å². The van der Waals surface area contributed by atoms with Gasteiger partial charge < -0.3 is 47.7 Å². The summed E-state index contributed by atoms with van der Waals surface area (Å²) in [6.07, 6.45) is 1.37. The minimum atomic E-state index is -1.53. The van der Waals surface area contributed by atoms with Gasteiger partial charge in [-0.3, -0.25) is 19.2 Å². The van der Waals surface area contributed by atoms with E-state index in [1.165, 1.54) is 51.8 Å². The number of carbonyl (C=O) groups excluding carboxylic acids is 8. The highest BCUT2D eigenvalue weighted by molar-refractivity contribution is 5.94. The molecule has 1 fully saturated rings. The number of ether oxygens (including phenoxy) is 4. The van der Waals surface area contributed by atoms with Crippen molar-refractivity contribution in [2.24, 2.45) is 23.7 Å². The Bertz CT molecular complexity index is 2720. The molecule has 20 heteroatoms. The fourth-order valence-electron chi connectivity index (χ4n) is 10.8. The Kier molecular flexibility index (Phi) is 25.3. The van der Waals surface area contributed by atoms with Crippen molar-refractivity contribution < 1.29 is 57.3 Å². The molecule has 0 aliphatic carbocycles. The molecule has 472 valence electrons. The van der Waals surface area contributed by atoms with Gasteiger partial charge in [-0.25, -0.2) is 29.1 Å².